The Hall–Kier alpha value is -2.62. The van der Waals surface area contributed by atoms with Crippen LogP contribution in [0, 0.1) is 11.6 Å². The molecular weight excluding hydrogens is 378 g/mol. The topological polar surface area (TPSA) is 72.5 Å². The van der Waals surface area contributed by atoms with Crippen LogP contribution in [0.1, 0.15) is 22.3 Å². The SMILES string of the molecule is O=C1CCc2c(Oc3cc(F)cc(F)c3)ccc(NS(=O)(=O)C(F)F)c21. The third-order valence-corrected chi connectivity index (χ3v) is 4.68. The minimum atomic E-state index is -4.95. The van der Waals surface area contributed by atoms with Gasteiger partial charge in [-0.15, -0.1) is 0 Å². The van der Waals surface area contributed by atoms with Gasteiger partial charge in [0.05, 0.1) is 5.69 Å². The first kappa shape index (κ1) is 18.2. The average Bonchev–Trinajstić information content (AvgIpc) is 2.91. The van der Waals surface area contributed by atoms with Gasteiger partial charge in [-0.25, -0.2) is 17.2 Å². The van der Waals surface area contributed by atoms with Crippen LogP contribution in [0.25, 0.3) is 0 Å². The molecule has 0 unspecified atom stereocenters. The van der Waals surface area contributed by atoms with Crippen molar-refractivity contribution in [1.82, 2.24) is 0 Å². The number of rotatable bonds is 5. The van der Waals surface area contributed by atoms with Crippen LogP contribution in [-0.4, -0.2) is 20.0 Å². The van der Waals surface area contributed by atoms with Crippen molar-refractivity contribution in [3.8, 4) is 11.5 Å². The molecule has 1 aliphatic carbocycles. The van der Waals surface area contributed by atoms with E-state index in [4.69, 9.17) is 4.74 Å². The van der Waals surface area contributed by atoms with E-state index in [1.807, 2.05) is 0 Å². The molecule has 0 saturated carbocycles. The molecule has 2 aromatic rings. The van der Waals surface area contributed by atoms with Crippen molar-refractivity contribution in [2.45, 2.75) is 18.6 Å². The molecule has 0 saturated heterocycles. The van der Waals surface area contributed by atoms with Crippen LogP contribution in [0.3, 0.4) is 0 Å². The smallest absolute Gasteiger partial charge is 0.355 e. The van der Waals surface area contributed by atoms with Gasteiger partial charge in [0, 0.05) is 35.7 Å². The number of ketones is 1. The zero-order valence-corrected chi connectivity index (χ0v) is 13.7. The Morgan fingerprint density at radius 1 is 1.04 bits per heavy atom. The Balaban J connectivity index is 2.01. The molecule has 0 aliphatic heterocycles. The van der Waals surface area contributed by atoms with E-state index in [1.165, 1.54) is 6.07 Å². The Bertz CT molecular complexity index is 972. The largest absolute Gasteiger partial charge is 0.457 e. The molecule has 10 heteroatoms. The van der Waals surface area contributed by atoms with Gasteiger partial charge < -0.3 is 4.74 Å². The summed E-state index contributed by atoms with van der Waals surface area (Å²) in [5, 5.41) is 0. The lowest BCUT2D eigenvalue weighted by Crippen LogP contribution is -2.21. The molecule has 0 atom stereocenters. The Morgan fingerprint density at radius 3 is 2.31 bits per heavy atom. The third-order valence-electron chi connectivity index (χ3n) is 3.70. The van der Waals surface area contributed by atoms with Gasteiger partial charge in [-0.2, -0.15) is 8.78 Å². The number of ether oxygens (including phenoxy) is 1. The molecule has 0 fully saturated rings. The molecule has 26 heavy (non-hydrogen) atoms. The van der Waals surface area contributed by atoms with E-state index >= 15 is 0 Å². The van der Waals surface area contributed by atoms with Crippen LogP contribution in [0.15, 0.2) is 30.3 Å². The normalized spacial score (nSPS) is 13.8. The van der Waals surface area contributed by atoms with Gasteiger partial charge in [0.2, 0.25) is 0 Å². The molecular formula is C16H11F4NO4S. The lowest BCUT2D eigenvalue weighted by atomic mass is 10.1. The number of nitrogens with one attached hydrogen (secondary N) is 1. The highest BCUT2D eigenvalue weighted by Crippen LogP contribution is 2.38. The number of alkyl halides is 2. The van der Waals surface area contributed by atoms with Crippen LogP contribution in [0.4, 0.5) is 23.2 Å². The van der Waals surface area contributed by atoms with E-state index < -0.39 is 33.2 Å². The molecule has 138 valence electrons. The predicted octanol–water partition coefficient (Wildman–Crippen LogP) is 3.85. The minimum Gasteiger partial charge on any atom is -0.457 e. The van der Waals surface area contributed by atoms with Gasteiger partial charge >= 0.3 is 5.76 Å². The number of fused-ring (bicyclic) bond motifs is 1. The number of benzene rings is 2. The quantitative estimate of drug-likeness (QED) is 0.789. The number of halogens is 4. The monoisotopic (exact) mass is 389 g/mol. The van der Waals surface area contributed by atoms with E-state index in [0.717, 1.165) is 18.2 Å². The molecule has 0 heterocycles. The van der Waals surface area contributed by atoms with Gasteiger partial charge in [0.25, 0.3) is 10.0 Å². The highest BCUT2D eigenvalue weighted by molar-refractivity contribution is 7.93. The number of hydrogen-bond donors (Lipinski definition) is 1. The lowest BCUT2D eigenvalue weighted by molar-refractivity contribution is 0.0995. The standard InChI is InChI=1S/C16H11F4NO4S/c17-8-5-9(18)7-10(6-8)25-14-4-2-12(21-26(23,24)16(19)20)15-11(14)1-3-13(15)22/h2,4-7,16,21H,1,3H2. The maximum atomic E-state index is 13.3. The average molecular weight is 389 g/mol. The predicted molar refractivity (Wildman–Crippen MR) is 84.1 cm³/mol. The number of sulfonamides is 1. The van der Waals surface area contributed by atoms with E-state index in [0.29, 0.717) is 6.07 Å². The summed E-state index contributed by atoms with van der Waals surface area (Å²) in [6.45, 7) is 0. The van der Waals surface area contributed by atoms with Gasteiger partial charge in [-0.05, 0) is 18.6 Å². The summed E-state index contributed by atoms with van der Waals surface area (Å²) >= 11 is 0. The van der Waals surface area contributed by atoms with Crippen LogP contribution < -0.4 is 9.46 Å². The summed E-state index contributed by atoms with van der Waals surface area (Å²) in [7, 11) is -4.95. The lowest BCUT2D eigenvalue weighted by Gasteiger charge is -2.14. The number of anilines is 1. The highest BCUT2D eigenvalue weighted by Gasteiger charge is 2.31. The van der Waals surface area contributed by atoms with Crippen molar-refractivity contribution >= 4 is 21.5 Å². The summed E-state index contributed by atoms with van der Waals surface area (Å²) in [6, 6.07) is 4.85. The molecule has 2 aromatic carbocycles. The molecule has 3 rings (SSSR count). The molecule has 0 amide bonds. The molecule has 5 nitrogen and oxygen atoms in total. The van der Waals surface area contributed by atoms with Crippen molar-refractivity contribution in [1.29, 1.82) is 0 Å². The fourth-order valence-corrected chi connectivity index (χ4v) is 3.22. The summed E-state index contributed by atoms with van der Waals surface area (Å²) in [6.07, 6.45) is 0.197. The fraction of sp³-hybridized carbons (Fsp3) is 0.188. The van der Waals surface area contributed by atoms with Gasteiger partial charge in [0.15, 0.2) is 5.78 Å². The Labute approximate surface area is 145 Å². The van der Waals surface area contributed by atoms with Gasteiger partial charge in [-0.3, -0.25) is 9.52 Å². The molecule has 1 aliphatic rings. The van der Waals surface area contributed by atoms with E-state index in [1.54, 1.807) is 4.72 Å². The fourth-order valence-electron chi connectivity index (χ4n) is 2.65. The highest BCUT2D eigenvalue weighted by atomic mass is 32.2. The van der Waals surface area contributed by atoms with Crippen molar-refractivity contribution < 1.29 is 35.5 Å². The van der Waals surface area contributed by atoms with Crippen molar-refractivity contribution in [2.75, 3.05) is 4.72 Å². The summed E-state index contributed by atoms with van der Waals surface area (Å²) in [4.78, 5) is 12.1. The van der Waals surface area contributed by atoms with E-state index in [-0.39, 0.29) is 41.2 Å². The first-order chi connectivity index (χ1) is 12.2. The number of hydrogen-bond acceptors (Lipinski definition) is 4. The van der Waals surface area contributed by atoms with Gasteiger partial charge in [0.1, 0.15) is 23.1 Å². The molecule has 0 spiro atoms. The van der Waals surface area contributed by atoms with Crippen LogP contribution >= 0.6 is 0 Å². The summed E-state index contributed by atoms with van der Waals surface area (Å²) < 4.78 is 81.5. The Morgan fingerprint density at radius 2 is 1.69 bits per heavy atom. The molecule has 0 radical (unpaired) electrons. The number of carbonyl (C=O) groups is 1. The minimum absolute atomic E-state index is 0.0244. The number of carbonyl (C=O) groups excluding carboxylic acids is 1. The second-order valence-corrected chi connectivity index (χ2v) is 7.15. The summed E-state index contributed by atoms with van der Waals surface area (Å²) in [5.41, 5.74) is -0.113. The molecule has 0 aromatic heterocycles. The van der Waals surface area contributed by atoms with Gasteiger partial charge in [-0.1, -0.05) is 0 Å². The van der Waals surface area contributed by atoms with Crippen molar-refractivity contribution in [3.63, 3.8) is 0 Å². The van der Waals surface area contributed by atoms with Crippen molar-refractivity contribution in [2.24, 2.45) is 0 Å². The maximum absolute atomic E-state index is 13.3. The number of Topliss-reactive ketones (excluding diaryl/α,β-unsaturated/α-hetero) is 1. The Kier molecular flexibility index (Phi) is 4.61. The third kappa shape index (κ3) is 3.50. The maximum Gasteiger partial charge on any atom is 0.355 e. The van der Waals surface area contributed by atoms with Crippen LogP contribution in [0.2, 0.25) is 0 Å². The molecule has 0 bridgehead atoms. The van der Waals surface area contributed by atoms with E-state index in [2.05, 4.69) is 0 Å². The van der Waals surface area contributed by atoms with Crippen LogP contribution in [0.5, 0.6) is 11.5 Å². The summed E-state index contributed by atoms with van der Waals surface area (Å²) in [5.74, 6) is -5.94. The zero-order chi connectivity index (χ0) is 19.1. The van der Waals surface area contributed by atoms with Crippen molar-refractivity contribution in [3.05, 3.63) is 53.1 Å². The van der Waals surface area contributed by atoms with E-state index in [9.17, 15) is 30.8 Å². The first-order valence-electron chi connectivity index (χ1n) is 7.30. The first-order valence-corrected chi connectivity index (χ1v) is 8.85. The molecule has 1 N–H and O–H groups in total. The van der Waals surface area contributed by atoms with Crippen LogP contribution in [-0.2, 0) is 16.4 Å². The second kappa shape index (κ2) is 6.60. The zero-order valence-electron chi connectivity index (χ0n) is 12.9. The second-order valence-electron chi connectivity index (χ2n) is 5.50.